The maximum Gasteiger partial charge on any atom is 0.0436 e. The van der Waals surface area contributed by atoms with Crippen molar-refractivity contribution in [2.75, 3.05) is 13.2 Å². The summed E-state index contributed by atoms with van der Waals surface area (Å²) in [6.07, 6.45) is 1.83. The normalized spacial score (nSPS) is 13.6. The highest BCUT2D eigenvalue weighted by Crippen LogP contribution is 2.23. The SMILES string of the molecule is CCC(NCC(C)(C)CCO)c1cccc(Cl)c1. The van der Waals surface area contributed by atoms with E-state index in [4.69, 9.17) is 16.7 Å². The monoisotopic (exact) mass is 269 g/mol. The van der Waals surface area contributed by atoms with Gasteiger partial charge in [0, 0.05) is 24.2 Å². The molecule has 18 heavy (non-hydrogen) atoms. The summed E-state index contributed by atoms with van der Waals surface area (Å²) in [5.41, 5.74) is 1.34. The molecule has 102 valence electrons. The van der Waals surface area contributed by atoms with E-state index >= 15 is 0 Å². The van der Waals surface area contributed by atoms with Crippen LogP contribution in [0.1, 0.15) is 45.2 Å². The molecule has 2 nitrogen and oxygen atoms in total. The van der Waals surface area contributed by atoms with E-state index in [0.29, 0.717) is 6.04 Å². The van der Waals surface area contributed by atoms with Crippen LogP contribution in [-0.2, 0) is 0 Å². The van der Waals surface area contributed by atoms with Gasteiger partial charge in [-0.1, -0.05) is 44.5 Å². The Kier molecular flexibility index (Phi) is 6.13. The van der Waals surface area contributed by atoms with Gasteiger partial charge in [-0.3, -0.25) is 0 Å². The van der Waals surface area contributed by atoms with Crippen molar-refractivity contribution in [1.82, 2.24) is 5.32 Å². The van der Waals surface area contributed by atoms with Gasteiger partial charge in [0.25, 0.3) is 0 Å². The smallest absolute Gasteiger partial charge is 0.0436 e. The predicted molar refractivity (Wildman–Crippen MR) is 78.0 cm³/mol. The van der Waals surface area contributed by atoms with E-state index in [1.54, 1.807) is 0 Å². The summed E-state index contributed by atoms with van der Waals surface area (Å²) in [6, 6.07) is 8.32. The molecule has 0 radical (unpaired) electrons. The van der Waals surface area contributed by atoms with Crippen molar-refractivity contribution in [3.05, 3.63) is 34.9 Å². The van der Waals surface area contributed by atoms with Gasteiger partial charge < -0.3 is 10.4 Å². The van der Waals surface area contributed by atoms with Gasteiger partial charge >= 0.3 is 0 Å². The molecule has 0 fully saturated rings. The zero-order chi connectivity index (χ0) is 13.6. The lowest BCUT2D eigenvalue weighted by molar-refractivity contribution is 0.202. The molecule has 0 aliphatic heterocycles. The lowest BCUT2D eigenvalue weighted by Gasteiger charge is -2.27. The highest BCUT2D eigenvalue weighted by atomic mass is 35.5. The van der Waals surface area contributed by atoms with Crippen LogP contribution in [0.25, 0.3) is 0 Å². The number of rotatable bonds is 7. The summed E-state index contributed by atoms with van der Waals surface area (Å²) >= 11 is 6.02. The highest BCUT2D eigenvalue weighted by molar-refractivity contribution is 6.30. The first kappa shape index (κ1) is 15.5. The molecule has 0 aliphatic carbocycles. The van der Waals surface area contributed by atoms with Gasteiger partial charge in [-0.2, -0.15) is 0 Å². The topological polar surface area (TPSA) is 32.3 Å². The Balaban J connectivity index is 2.63. The highest BCUT2D eigenvalue weighted by Gasteiger charge is 2.19. The lowest BCUT2D eigenvalue weighted by atomic mass is 9.89. The summed E-state index contributed by atoms with van der Waals surface area (Å²) in [7, 11) is 0. The zero-order valence-corrected chi connectivity index (χ0v) is 12.3. The standard InChI is InChI=1S/C15H24ClNO/c1-4-14(12-6-5-7-13(16)10-12)17-11-15(2,3)8-9-18/h5-7,10,14,17-18H,4,8-9,11H2,1-3H3. The van der Waals surface area contributed by atoms with Gasteiger partial charge in [0.15, 0.2) is 0 Å². The van der Waals surface area contributed by atoms with Gasteiger partial charge in [-0.25, -0.2) is 0 Å². The first-order valence-electron chi connectivity index (χ1n) is 6.58. The van der Waals surface area contributed by atoms with Gasteiger partial charge in [-0.05, 0) is 36.0 Å². The summed E-state index contributed by atoms with van der Waals surface area (Å²) in [6.45, 7) is 7.63. The molecule has 0 heterocycles. The summed E-state index contributed by atoms with van der Waals surface area (Å²) in [5, 5.41) is 13.4. The van der Waals surface area contributed by atoms with E-state index in [1.165, 1.54) is 5.56 Å². The Labute approximate surface area is 115 Å². The van der Waals surface area contributed by atoms with Crippen molar-refractivity contribution in [1.29, 1.82) is 0 Å². The van der Waals surface area contributed by atoms with Crippen molar-refractivity contribution in [3.63, 3.8) is 0 Å². The second-order valence-electron chi connectivity index (χ2n) is 5.53. The molecule has 0 spiro atoms. The Bertz CT molecular complexity index is 365. The molecule has 0 aliphatic rings. The largest absolute Gasteiger partial charge is 0.396 e. The number of hydrogen-bond donors (Lipinski definition) is 2. The average Bonchev–Trinajstić information content (AvgIpc) is 2.29. The van der Waals surface area contributed by atoms with E-state index in [1.807, 2.05) is 18.2 Å². The molecule has 0 saturated carbocycles. The lowest BCUT2D eigenvalue weighted by Crippen LogP contribution is -2.32. The van der Waals surface area contributed by atoms with Crippen LogP contribution < -0.4 is 5.32 Å². The molecular weight excluding hydrogens is 246 g/mol. The number of benzene rings is 1. The molecule has 0 bridgehead atoms. The van der Waals surface area contributed by atoms with Gasteiger partial charge in [0.2, 0.25) is 0 Å². The molecule has 0 saturated heterocycles. The van der Waals surface area contributed by atoms with E-state index in [9.17, 15) is 0 Å². The van der Waals surface area contributed by atoms with Crippen LogP contribution in [-0.4, -0.2) is 18.3 Å². The van der Waals surface area contributed by atoms with Crippen LogP contribution in [0.2, 0.25) is 5.02 Å². The first-order chi connectivity index (χ1) is 8.48. The third-order valence-electron chi connectivity index (χ3n) is 3.27. The second kappa shape index (κ2) is 7.13. The minimum absolute atomic E-state index is 0.112. The van der Waals surface area contributed by atoms with E-state index in [-0.39, 0.29) is 12.0 Å². The molecule has 1 aromatic rings. The van der Waals surface area contributed by atoms with E-state index < -0.39 is 0 Å². The van der Waals surface area contributed by atoms with Crippen molar-refractivity contribution >= 4 is 11.6 Å². The zero-order valence-electron chi connectivity index (χ0n) is 11.5. The number of halogens is 1. The third-order valence-corrected chi connectivity index (χ3v) is 3.51. The predicted octanol–water partition coefficient (Wildman–Crippen LogP) is 3.79. The summed E-state index contributed by atoms with van der Waals surface area (Å²) in [5.74, 6) is 0. The van der Waals surface area contributed by atoms with Gasteiger partial charge in [0.05, 0.1) is 0 Å². The fourth-order valence-corrected chi connectivity index (χ4v) is 2.21. The fraction of sp³-hybridized carbons (Fsp3) is 0.600. The number of hydrogen-bond acceptors (Lipinski definition) is 2. The maximum absolute atomic E-state index is 9.03. The van der Waals surface area contributed by atoms with E-state index in [0.717, 1.165) is 24.4 Å². The van der Waals surface area contributed by atoms with Crippen LogP contribution in [0.3, 0.4) is 0 Å². The molecule has 2 N–H and O–H groups in total. The summed E-state index contributed by atoms with van der Waals surface area (Å²) < 4.78 is 0. The molecule has 1 aromatic carbocycles. The molecule has 3 heteroatoms. The number of aliphatic hydroxyl groups excluding tert-OH is 1. The molecule has 0 amide bonds. The fourth-order valence-electron chi connectivity index (χ4n) is 2.01. The molecule has 1 rings (SSSR count). The van der Waals surface area contributed by atoms with Crippen LogP contribution in [0.15, 0.2) is 24.3 Å². The molecule has 1 unspecified atom stereocenters. The Morgan fingerprint density at radius 2 is 2.11 bits per heavy atom. The molecule has 1 atom stereocenters. The Morgan fingerprint density at radius 1 is 1.39 bits per heavy atom. The minimum Gasteiger partial charge on any atom is -0.396 e. The van der Waals surface area contributed by atoms with Crippen molar-refractivity contribution in [2.24, 2.45) is 5.41 Å². The average molecular weight is 270 g/mol. The Hall–Kier alpha value is -0.570. The van der Waals surface area contributed by atoms with Gasteiger partial charge in [0.1, 0.15) is 0 Å². The maximum atomic E-state index is 9.03. The summed E-state index contributed by atoms with van der Waals surface area (Å²) in [4.78, 5) is 0. The van der Waals surface area contributed by atoms with E-state index in [2.05, 4.69) is 32.2 Å². The quantitative estimate of drug-likeness (QED) is 0.789. The van der Waals surface area contributed by atoms with Crippen LogP contribution in [0.4, 0.5) is 0 Å². The van der Waals surface area contributed by atoms with Crippen LogP contribution in [0.5, 0.6) is 0 Å². The van der Waals surface area contributed by atoms with Crippen molar-refractivity contribution < 1.29 is 5.11 Å². The minimum atomic E-state index is 0.112. The van der Waals surface area contributed by atoms with Crippen LogP contribution in [0, 0.1) is 5.41 Å². The third kappa shape index (κ3) is 4.97. The number of aliphatic hydroxyl groups is 1. The van der Waals surface area contributed by atoms with Crippen LogP contribution >= 0.6 is 11.6 Å². The molecule has 0 aromatic heterocycles. The Morgan fingerprint density at radius 3 is 2.67 bits per heavy atom. The number of nitrogens with one attached hydrogen (secondary N) is 1. The molecular formula is C15H24ClNO. The van der Waals surface area contributed by atoms with Crippen molar-refractivity contribution in [3.8, 4) is 0 Å². The second-order valence-corrected chi connectivity index (χ2v) is 5.97. The first-order valence-corrected chi connectivity index (χ1v) is 6.96. The van der Waals surface area contributed by atoms with Crippen molar-refractivity contribution in [2.45, 2.75) is 39.7 Å². The van der Waals surface area contributed by atoms with Gasteiger partial charge in [-0.15, -0.1) is 0 Å².